The second kappa shape index (κ2) is 5.12. The first kappa shape index (κ1) is 12.7. The maximum atomic E-state index is 11.5. The zero-order chi connectivity index (χ0) is 10.8. The smallest absolute Gasteiger partial charge is 0.228 e. The molecule has 5 nitrogen and oxygen atoms in total. The van der Waals surface area contributed by atoms with Crippen LogP contribution in [0.4, 0.5) is 11.8 Å². The van der Waals surface area contributed by atoms with Crippen molar-refractivity contribution in [3.8, 4) is 0 Å². The highest BCUT2D eigenvalue weighted by Crippen LogP contribution is 2.19. The number of anilines is 2. The van der Waals surface area contributed by atoms with Crippen LogP contribution in [-0.2, 0) is 4.79 Å². The summed E-state index contributed by atoms with van der Waals surface area (Å²) in [7, 11) is 3.76. The summed E-state index contributed by atoms with van der Waals surface area (Å²) < 4.78 is 0. The Hall–Kier alpha value is -1.36. The van der Waals surface area contributed by atoms with Crippen LogP contribution >= 0.6 is 12.4 Å². The third-order valence-electron chi connectivity index (χ3n) is 2.38. The van der Waals surface area contributed by atoms with Crippen molar-refractivity contribution in [2.75, 3.05) is 30.4 Å². The van der Waals surface area contributed by atoms with E-state index >= 15 is 0 Å². The quantitative estimate of drug-likeness (QED) is 0.779. The van der Waals surface area contributed by atoms with Crippen LogP contribution in [0.2, 0.25) is 0 Å². The molecule has 0 unspecified atom stereocenters. The van der Waals surface area contributed by atoms with E-state index < -0.39 is 0 Å². The molecule has 0 saturated carbocycles. The summed E-state index contributed by atoms with van der Waals surface area (Å²) in [5.74, 6) is 1.49. The van der Waals surface area contributed by atoms with Crippen molar-refractivity contribution in [1.82, 2.24) is 9.97 Å². The zero-order valence-corrected chi connectivity index (χ0v) is 10.2. The van der Waals surface area contributed by atoms with Crippen LogP contribution in [0.1, 0.15) is 12.8 Å². The fraction of sp³-hybridized carbons (Fsp3) is 0.500. The van der Waals surface area contributed by atoms with Gasteiger partial charge in [0.25, 0.3) is 0 Å². The second-order valence-corrected chi connectivity index (χ2v) is 3.76. The van der Waals surface area contributed by atoms with E-state index in [1.54, 1.807) is 17.2 Å². The minimum atomic E-state index is 0. The molecule has 0 spiro atoms. The number of amides is 1. The molecule has 6 heteroatoms. The SMILES string of the molecule is CN(C)c1nccc(N2CCCC2=O)n1.Cl. The Kier molecular flexibility index (Phi) is 4.06. The number of halogens is 1. The average Bonchev–Trinajstić information content (AvgIpc) is 2.64. The van der Waals surface area contributed by atoms with Gasteiger partial charge in [-0.1, -0.05) is 0 Å². The van der Waals surface area contributed by atoms with Gasteiger partial charge in [-0.2, -0.15) is 4.98 Å². The normalized spacial score (nSPS) is 14.9. The van der Waals surface area contributed by atoms with E-state index in [0.29, 0.717) is 18.2 Å². The van der Waals surface area contributed by atoms with Crippen LogP contribution in [0, 0.1) is 0 Å². The Bertz CT molecular complexity index is 383. The van der Waals surface area contributed by atoms with Crippen molar-refractivity contribution in [2.24, 2.45) is 0 Å². The van der Waals surface area contributed by atoms with Gasteiger partial charge in [0.1, 0.15) is 5.82 Å². The lowest BCUT2D eigenvalue weighted by Crippen LogP contribution is -2.25. The van der Waals surface area contributed by atoms with Gasteiger partial charge in [-0.15, -0.1) is 12.4 Å². The molecule has 0 atom stereocenters. The van der Waals surface area contributed by atoms with Crippen LogP contribution in [0.15, 0.2) is 12.3 Å². The van der Waals surface area contributed by atoms with Crippen molar-refractivity contribution < 1.29 is 4.79 Å². The summed E-state index contributed by atoms with van der Waals surface area (Å²) in [4.78, 5) is 23.5. The molecular formula is C10H15ClN4O. The Labute approximate surface area is 101 Å². The molecule has 0 aliphatic carbocycles. The first-order valence-corrected chi connectivity index (χ1v) is 4.99. The van der Waals surface area contributed by atoms with Crippen LogP contribution in [-0.4, -0.2) is 36.5 Å². The van der Waals surface area contributed by atoms with E-state index in [9.17, 15) is 4.79 Å². The van der Waals surface area contributed by atoms with Crippen LogP contribution in [0.3, 0.4) is 0 Å². The van der Waals surface area contributed by atoms with E-state index in [2.05, 4.69) is 9.97 Å². The number of rotatable bonds is 2. The van der Waals surface area contributed by atoms with E-state index in [4.69, 9.17) is 0 Å². The summed E-state index contributed by atoms with van der Waals surface area (Å²) in [6, 6.07) is 1.77. The molecule has 1 fully saturated rings. The van der Waals surface area contributed by atoms with Gasteiger partial charge >= 0.3 is 0 Å². The third-order valence-corrected chi connectivity index (χ3v) is 2.38. The molecule has 2 rings (SSSR count). The Morgan fingerprint density at radius 2 is 2.19 bits per heavy atom. The van der Waals surface area contributed by atoms with E-state index in [0.717, 1.165) is 13.0 Å². The van der Waals surface area contributed by atoms with Crippen molar-refractivity contribution in [3.63, 3.8) is 0 Å². The van der Waals surface area contributed by atoms with Crippen molar-refractivity contribution in [2.45, 2.75) is 12.8 Å². The molecule has 16 heavy (non-hydrogen) atoms. The van der Waals surface area contributed by atoms with Gasteiger partial charge in [-0.25, -0.2) is 4.98 Å². The summed E-state index contributed by atoms with van der Waals surface area (Å²) in [5.41, 5.74) is 0. The molecule has 1 aromatic heterocycles. The molecule has 0 aromatic carbocycles. The number of hydrogen-bond acceptors (Lipinski definition) is 4. The van der Waals surface area contributed by atoms with Gasteiger partial charge in [-0.3, -0.25) is 9.69 Å². The molecule has 1 aliphatic rings. The van der Waals surface area contributed by atoms with Gasteiger partial charge < -0.3 is 4.90 Å². The maximum Gasteiger partial charge on any atom is 0.228 e. The molecular weight excluding hydrogens is 228 g/mol. The second-order valence-electron chi connectivity index (χ2n) is 3.76. The summed E-state index contributed by atoms with van der Waals surface area (Å²) in [6.07, 6.45) is 3.23. The van der Waals surface area contributed by atoms with Gasteiger partial charge in [0.15, 0.2) is 0 Å². The number of hydrogen-bond donors (Lipinski definition) is 0. The topological polar surface area (TPSA) is 49.3 Å². The average molecular weight is 243 g/mol. The number of carbonyl (C=O) groups excluding carboxylic acids is 1. The lowest BCUT2D eigenvalue weighted by Gasteiger charge is -2.16. The van der Waals surface area contributed by atoms with E-state index in [1.165, 1.54) is 0 Å². The largest absolute Gasteiger partial charge is 0.347 e. The predicted molar refractivity (Wildman–Crippen MR) is 65.2 cm³/mol. The summed E-state index contributed by atoms with van der Waals surface area (Å²) in [6.45, 7) is 0.767. The lowest BCUT2D eigenvalue weighted by molar-refractivity contribution is -0.117. The molecule has 0 radical (unpaired) electrons. The molecule has 1 amide bonds. The first-order valence-electron chi connectivity index (χ1n) is 4.99. The van der Waals surface area contributed by atoms with Crippen LogP contribution in [0.25, 0.3) is 0 Å². The van der Waals surface area contributed by atoms with Gasteiger partial charge in [0, 0.05) is 33.3 Å². The zero-order valence-electron chi connectivity index (χ0n) is 9.38. The van der Waals surface area contributed by atoms with E-state index in [-0.39, 0.29) is 18.3 Å². The lowest BCUT2D eigenvalue weighted by atomic mass is 10.4. The summed E-state index contributed by atoms with van der Waals surface area (Å²) >= 11 is 0. The molecule has 2 heterocycles. The Balaban J connectivity index is 0.00000128. The molecule has 1 saturated heterocycles. The molecule has 0 bridgehead atoms. The summed E-state index contributed by atoms with van der Waals surface area (Å²) in [5, 5.41) is 0. The first-order chi connectivity index (χ1) is 7.18. The highest BCUT2D eigenvalue weighted by molar-refractivity contribution is 5.94. The van der Waals surface area contributed by atoms with Crippen LogP contribution < -0.4 is 9.80 Å². The van der Waals surface area contributed by atoms with Crippen molar-refractivity contribution in [1.29, 1.82) is 0 Å². The molecule has 0 N–H and O–H groups in total. The maximum absolute atomic E-state index is 11.5. The Morgan fingerprint density at radius 1 is 1.44 bits per heavy atom. The standard InChI is InChI=1S/C10H14N4O.ClH/c1-13(2)10-11-6-5-8(12-10)14-7-3-4-9(14)15;/h5-6H,3-4,7H2,1-2H3;1H. The highest BCUT2D eigenvalue weighted by atomic mass is 35.5. The monoisotopic (exact) mass is 242 g/mol. The van der Waals surface area contributed by atoms with Crippen molar-refractivity contribution in [3.05, 3.63) is 12.3 Å². The number of aromatic nitrogens is 2. The van der Waals surface area contributed by atoms with E-state index in [1.807, 2.05) is 19.0 Å². The predicted octanol–water partition coefficient (Wildman–Crippen LogP) is 1.09. The highest BCUT2D eigenvalue weighted by Gasteiger charge is 2.23. The minimum absolute atomic E-state index is 0. The van der Waals surface area contributed by atoms with Gasteiger partial charge in [0.05, 0.1) is 0 Å². The Morgan fingerprint density at radius 3 is 2.75 bits per heavy atom. The third kappa shape index (κ3) is 2.41. The molecule has 1 aromatic rings. The fourth-order valence-electron chi connectivity index (χ4n) is 1.60. The van der Waals surface area contributed by atoms with Gasteiger partial charge in [0.2, 0.25) is 11.9 Å². The molecule has 88 valence electrons. The minimum Gasteiger partial charge on any atom is -0.347 e. The number of carbonyl (C=O) groups is 1. The fourth-order valence-corrected chi connectivity index (χ4v) is 1.60. The molecule has 1 aliphatic heterocycles. The number of nitrogens with zero attached hydrogens (tertiary/aromatic N) is 4. The van der Waals surface area contributed by atoms with Crippen molar-refractivity contribution >= 4 is 30.1 Å². The van der Waals surface area contributed by atoms with Gasteiger partial charge in [-0.05, 0) is 12.5 Å². The van der Waals surface area contributed by atoms with Crippen LogP contribution in [0.5, 0.6) is 0 Å².